The van der Waals surface area contributed by atoms with Gasteiger partial charge < -0.3 is 9.72 Å². The minimum absolute atomic E-state index is 0.0592. The lowest BCUT2D eigenvalue weighted by Crippen LogP contribution is -2.06. The molecular weight excluding hydrogens is 222 g/mol. The van der Waals surface area contributed by atoms with Crippen molar-refractivity contribution in [3.63, 3.8) is 0 Å². The van der Waals surface area contributed by atoms with Crippen LogP contribution in [0.2, 0.25) is 0 Å². The number of hydrogen-bond acceptors (Lipinski definition) is 4. The quantitative estimate of drug-likeness (QED) is 0.646. The van der Waals surface area contributed by atoms with Crippen molar-refractivity contribution in [2.24, 2.45) is 0 Å². The van der Waals surface area contributed by atoms with E-state index in [0.717, 1.165) is 0 Å². The summed E-state index contributed by atoms with van der Waals surface area (Å²) < 4.78 is 5.11. The largest absolute Gasteiger partial charge is 0.497 e. The minimum atomic E-state index is -0.0592. The maximum Gasteiger partial charge on any atom is 0.189 e. The summed E-state index contributed by atoms with van der Waals surface area (Å²) in [5.74, 6) is 0.693. The van der Waals surface area contributed by atoms with E-state index >= 15 is 0 Å². The Morgan fingerprint density at radius 2 is 2.06 bits per heavy atom. The molecule has 0 saturated heterocycles. The second-order valence-corrected chi connectivity index (χ2v) is 3.50. The van der Waals surface area contributed by atoms with Crippen LogP contribution in [0.4, 0.5) is 0 Å². The van der Waals surface area contributed by atoms with Gasteiger partial charge in [-0.25, -0.2) is 9.78 Å². The van der Waals surface area contributed by atoms with Crippen molar-refractivity contribution in [2.75, 3.05) is 14.2 Å². The first kappa shape index (κ1) is 11.6. The molecule has 2 rings (SSSR count). The van der Waals surface area contributed by atoms with Crippen LogP contribution in [0, 0.1) is 0 Å². The fourth-order valence-corrected chi connectivity index (χ4v) is 1.61. The van der Waals surface area contributed by atoms with Gasteiger partial charge in [0, 0.05) is 23.2 Å². The number of H-pyrrole nitrogens is 1. The lowest BCUT2D eigenvalue weighted by molar-refractivity contribution is -0.282. The molecule has 0 bridgehead atoms. The molecular formula is C12H13NO4. The highest BCUT2D eigenvalue weighted by molar-refractivity contribution is 5.79. The molecule has 90 valence electrons. The van der Waals surface area contributed by atoms with E-state index in [9.17, 15) is 4.79 Å². The Morgan fingerprint density at radius 3 is 2.76 bits per heavy atom. The van der Waals surface area contributed by atoms with E-state index in [2.05, 4.69) is 9.87 Å². The Kier molecular flexibility index (Phi) is 3.41. The zero-order valence-electron chi connectivity index (χ0n) is 9.65. The number of rotatable bonds is 4. The molecule has 0 saturated carbocycles. The third kappa shape index (κ3) is 2.46. The normalized spacial score (nSPS) is 10.7. The molecule has 1 aromatic heterocycles. The summed E-state index contributed by atoms with van der Waals surface area (Å²) in [4.78, 5) is 24.2. The summed E-state index contributed by atoms with van der Waals surface area (Å²) in [5, 5.41) is 0.618. The first-order valence-electron chi connectivity index (χ1n) is 5.10. The van der Waals surface area contributed by atoms with Crippen molar-refractivity contribution in [3.05, 3.63) is 40.2 Å². The Morgan fingerprint density at radius 1 is 1.24 bits per heavy atom. The van der Waals surface area contributed by atoms with E-state index in [1.54, 1.807) is 25.3 Å². The van der Waals surface area contributed by atoms with Crippen molar-refractivity contribution >= 4 is 10.9 Å². The Balaban J connectivity index is 2.50. The molecule has 0 unspecified atom stereocenters. The molecule has 0 radical (unpaired) electrons. The number of benzene rings is 1. The summed E-state index contributed by atoms with van der Waals surface area (Å²) >= 11 is 0. The van der Waals surface area contributed by atoms with Gasteiger partial charge in [0.05, 0.1) is 19.7 Å². The first-order valence-corrected chi connectivity index (χ1v) is 5.10. The summed E-state index contributed by atoms with van der Waals surface area (Å²) in [5.41, 5.74) is 1.31. The number of fused-ring (bicyclic) bond motifs is 1. The van der Waals surface area contributed by atoms with Crippen LogP contribution >= 0.6 is 0 Å². The van der Waals surface area contributed by atoms with E-state index in [1.807, 2.05) is 0 Å². The number of nitrogens with one attached hydrogen (secondary N) is 1. The average Bonchev–Trinajstić information content (AvgIpc) is 2.35. The number of aromatic nitrogens is 1. The van der Waals surface area contributed by atoms with E-state index in [1.165, 1.54) is 13.2 Å². The Bertz CT molecular complexity index is 576. The van der Waals surface area contributed by atoms with Crippen molar-refractivity contribution in [2.45, 2.75) is 6.61 Å². The molecule has 17 heavy (non-hydrogen) atoms. The van der Waals surface area contributed by atoms with Gasteiger partial charge in [0.15, 0.2) is 5.43 Å². The van der Waals surface area contributed by atoms with Crippen LogP contribution in [0.1, 0.15) is 5.69 Å². The molecule has 5 nitrogen and oxygen atoms in total. The summed E-state index contributed by atoms with van der Waals surface area (Å²) in [6, 6.07) is 6.75. The lowest BCUT2D eigenvalue weighted by atomic mass is 10.2. The zero-order valence-corrected chi connectivity index (χ0v) is 9.65. The number of pyridine rings is 1. The van der Waals surface area contributed by atoms with E-state index < -0.39 is 0 Å². The molecule has 0 aliphatic carbocycles. The van der Waals surface area contributed by atoms with E-state index in [-0.39, 0.29) is 12.0 Å². The second kappa shape index (κ2) is 4.99. The second-order valence-electron chi connectivity index (χ2n) is 3.50. The molecule has 0 aliphatic heterocycles. The molecule has 0 aliphatic rings. The minimum Gasteiger partial charge on any atom is -0.497 e. The lowest BCUT2D eigenvalue weighted by Gasteiger charge is -2.05. The maximum atomic E-state index is 11.8. The zero-order chi connectivity index (χ0) is 12.3. The van der Waals surface area contributed by atoms with Crippen LogP contribution in [0.15, 0.2) is 29.1 Å². The average molecular weight is 235 g/mol. The molecule has 1 heterocycles. The molecule has 1 aromatic carbocycles. The van der Waals surface area contributed by atoms with E-state index in [0.29, 0.717) is 22.3 Å². The number of methoxy groups -OCH3 is 1. The topological polar surface area (TPSA) is 60.6 Å². The molecule has 0 amide bonds. The summed E-state index contributed by atoms with van der Waals surface area (Å²) in [7, 11) is 3.00. The van der Waals surface area contributed by atoms with Gasteiger partial charge in [-0.1, -0.05) is 0 Å². The van der Waals surface area contributed by atoms with Gasteiger partial charge in [0.2, 0.25) is 0 Å². The number of ether oxygens (including phenoxy) is 1. The number of hydrogen-bond donors (Lipinski definition) is 1. The standard InChI is InChI=1S/C12H13NO4/c1-15-9-3-4-10-11(6-9)13-8(5-12(10)14)7-17-16-2/h3-6H,7H2,1-2H3,(H,13,14). The molecule has 5 heteroatoms. The van der Waals surface area contributed by atoms with Crippen molar-refractivity contribution < 1.29 is 14.5 Å². The van der Waals surface area contributed by atoms with Crippen LogP contribution in [0.5, 0.6) is 5.75 Å². The third-order valence-corrected chi connectivity index (χ3v) is 2.43. The molecule has 1 N–H and O–H groups in total. The fourth-order valence-electron chi connectivity index (χ4n) is 1.61. The predicted molar refractivity (Wildman–Crippen MR) is 62.9 cm³/mol. The van der Waals surface area contributed by atoms with Crippen molar-refractivity contribution in [3.8, 4) is 5.75 Å². The van der Waals surface area contributed by atoms with Gasteiger partial charge in [0.25, 0.3) is 0 Å². The van der Waals surface area contributed by atoms with Gasteiger partial charge in [-0.2, -0.15) is 0 Å². The van der Waals surface area contributed by atoms with Crippen LogP contribution in [-0.4, -0.2) is 19.2 Å². The van der Waals surface area contributed by atoms with Crippen LogP contribution in [-0.2, 0) is 16.4 Å². The van der Waals surface area contributed by atoms with E-state index in [4.69, 9.17) is 9.62 Å². The van der Waals surface area contributed by atoms with Crippen molar-refractivity contribution in [1.29, 1.82) is 0 Å². The maximum absolute atomic E-state index is 11.8. The summed E-state index contributed by atoms with van der Waals surface area (Å²) in [6.45, 7) is 0.193. The highest BCUT2D eigenvalue weighted by Crippen LogP contribution is 2.16. The van der Waals surface area contributed by atoms with Crippen LogP contribution in [0.25, 0.3) is 10.9 Å². The third-order valence-electron chi connectivity index (χ3n) is 2.43. The monoisotopic (exact) mass is 235 g/mol. The molecule has 0 atom stereocenters. The molecule has 0 fully saturated rings. The van der Waals surface area contributed by atoms with Crippen molar-refractivity contribution in [1.82, 2.24) is 4.98 Å². The van der Waals surface area contributed by atoms with Gasteiger partial charge >= 0.3 is 0 Å². The molecule has 2 aromatic rings. The first-order chi connectivity index (χ1) is 8.24. The molecule has 0 spiro atoms. The SMILES string of the molecule is COOCc1cc(=O)c2ccc(OC)cc2[nH]1. The van der Waals surface area contributed by atoms with Gasteiger partial charge in [-0.15, -0.1) is 0 Å². The summed E-state index contributed by atoms with van der Waals surface area (Å²) in [6.07, 6.45) is 0. The van der Waals surface area contributed by atoms with Gasteiger partial charge in [-0.3, -0.25) is 4.79 Å². The fraction of sp³-hybridized carbons (Fsp3) is 0.250. The van der Waals surface area contributed by atoms with Crippen LogP contribution in [0.3, 0.4) is 0 Å². The number of aromatic amines is 1. The smallest absolute Gasteiger partial charge is 0.189 e. The predicted octanol–water partition coefficient (Wildman–Crippen LogP) is 1.61. The van der Waals surface area contributed by atoms with Gasteiger partial charge in [-0.05, 0) is 12.1 Å². The Hall–Kier alpha value is -1.85. The van der Waals surface area contributed by atoms with Crippen LogP contribution < -0.4 is 10.2 Å². The highest BCUT2D eigenvalue weighted by Gasteiger charge is 2.03. The Labute approximate surface area is 97.9 Å². The highest BCUT2D eigenvalue weighted by atomic mass is 17.2. The van der Waals surface area contributed by atoms with Gasteiger partial charge in [0.1, 0.15) is 12.4 Å².